The van der Waals surface area contributed by atoms with Crippen molar-refractivity contribution in [3.63, 3.8) is 0 Å². The number of nitrogens with zero attached hydrogens (tertiary/aromatic N) is 2. The van der Waals surface area contributed by atoms with Crippen molar-refractivity contribution in [1.82, 2.24) is 9.88 Å². The number of hydrogen-bond acceptors (Lipinski definition) is 6. The number of likely N-dealkylation sites (tertiary alicyclic amines) is 1. The molecule has 0 aliphatic carbocycles. The fourth-order valence-corrected chi connectivity index (χ4v) is 3.93. The summed E-state index contributed by atoms with van der Waals surface area (Å²) in [5.74, 6) is -1.17. The third kappa shape index (κ3) is 4.33. The van der Waals surface area contributed by atoms with Gasteiger partial charge >= 0.3 is 5.97 Å². The second kappa shape index (κ2) is 8.30. The normalized spacial score (nSPS) is 19.2. The van der Waals surface area contributed by atoms with Crippen LogP contribution in [0.3, 0.4) is 0 Å². The molecule has 27 heavy (non-hydrogen) atoms. The number of esters is 1. The van der Waals surface area contributed by atoms with Crippen LogP contribution in [0.4, 0.5) is 5.13 Å². The van der Waals surface area contributed by atoms with Crippen LogP contribution in [0.25, 0.3) is 0 Å². The maximum Gasteiger partial charge on any atom is 0.311 e. The summed E-state index contributed by atoms with van der Waals surface area (Å²) in [6.07, 6.45) is 0.223. The molecule has 7 nitrogen and oxygen atoms in total. The molecule has 0 radical (unpaired) electrons. The Morgan fingerprint density at radius 3 is 2.78 bits per heavy atom. The fourth-order valence-electron chi connectivity index (χ4n) is 3.21. The first-order valence-corrected chi connectivity index (χ1v) is 9.59. The highest BCUT2D eigenvalue weighted by molar-refractivity contribution is 7.13. The molecule has 1 aromatic heterocycles. The van der Waals surface area contributed by atoms with Crippen LogP contribution in [0, 0.1) is 5.92 Å². The number of nitrogens with one attached hydrogen (secondary N) is 1. The zero-order valence-corrected chi connectivity index (χ0v) is 16.0. The topological polar surface area (TPSA) is 88.6 Å². The lowest BCUT2D eigenvalue weighted by molar-refractivity contribution is -0.142. The Labute approximate surface area is 161 Å². The molecule has 2 heterocycles. The Hall–Kier alpha value is -2.74. The first-order chi connectivity index (χ1) is 13.0. The van der Waals surface area contributed by atoms with E-state index >= 15 is 0 Å². The van der Waals surface area contributed by atoms with Gasteiger partial charge in [-0.3, -0.25) is 14.4 Å². The lowest BCUT2D eigenvalue weighted by Gasteiger charge is -2.24. The summed E-state index contributed by atoms with van der Waals surface area (Å²) in [5.41, 5.74) is 1.47. The zero-order chi connectivity index (χ0) is 19.4. The van der Waals surface area contributed by atoms with Gasteiger partial charge in [0, 0.05) is 18.8 Å². The summed E-state index contributed by atoms with van der Waals surface area (Å²) in [4.78, 5) is 42.4. The van der Waals surface area contributed by atoms with E-state index in [2.05, 4.69) is 10.3 Å². The molecule has 8 heteroatoms. The van der Waals surface area contributed by atoms with Crippen molar-refractivity contribution in [2.24, 2.45) is 5.92 Å². The van der Waals surface area contributed by atoms with Gasteiger partial charge in [0.1, 0.15) is 0 Å². The van der Waals surface area contributed by atoms with Gasteiger partial charge < -0.3 is 15.0 Å². The maximum atomic E-state index is 12.8. The molecule has 1 saturated heterocycles. The monoisotopic (exact) mass is 387 g/mol. The molecule has 2 amide bonds. The van der Waals surface area contributed by atoms with Gasteiger partial charge in [0.05, 0.1) is 30.7 Å². The standard InChI is InChI=1S/C19H21N3O4S/c1-3-26-16(24)9-13-11-27-19(20-13)21-18(25)14-10-15(23)22(2)17(14)12-7-5-4-6-8-12/h4-8,11,14,17H,3,9-10H2,1-2H3,(H,20,21,25)/t14-,17-/m0/s1. The van der Waals surface area contributed by atoms with E-state index in [0.717, 1.165) is 5.56 Å². The fraction of sp³-hybridized carbons (Fsp3) is 0.368. The molecule has 1 aromatic carbocycles. The highest BCUT2D eigenvalue weighted by Crippen LogP contribution is 2.37. The van der Waals surface area contributed by atoms with Crippen LogP contribution in [0.5, 0.6) is 0 Å². The van der Waals surface area contributed by atoms with Gasteiger partial charge in [0.25, 0.3) is 0 Å². The second-order valence-electron chi connectivity index (χ2n) is 6.29. The average molecular weight is 387 g/mol. The van der Waals surface area contributed by atoms with Crippen LogP contribution in [-0.4, -0.2) is 41.3 Å². The first kappa shape index (κ1) is 19.0. The van der Waals surface area contributed by atoms with Gasteiger partial charge in [0.15, 0.2) is 5.13 Å². The predicted molar refractivity (Wildman–Crippen MR) is 101 cm³/mol. The van der Waals surface area contributed by atoms with Crippen LogP contribution in [0.1, 0.15) is 30.6 Å². The van der Waals surface area contributed by atoms with Crippen LogP contribution in [0.15, 0.2) is 35.7 Å². The molecule has 1 fully saturated rings. The maximum absolute atomic E-state index is 12.8. The third-order valence-corrected chi connectivity index (χ3v) is 5.28. The number of rotatable bonds is 6. The van der Waals surface area contributed by atoms with Crippen molar-refractivity contribution in [1.29, 1.82) is 0 Å². The van der Waals surface area contributed by atoms with Crippen molar-refractivity contribution in [3.05, 3.63) is 47.0 Å². The quantitative estimate of drug-likeness (QED) is 0.769. The molecular weight excluding hydrogens is 366 g/mol. The van der Waals surface area contributed by atoms with E-state index in [1.807, 2.05) is 30.3 Å². The number of anilines is 1. The molecule has 0 spiro atoms. The zero-order valence-electron chi connectivity index (χ0n) is 15.2. The highest BCUT2D eigenvalue weighted by atomic mass is 32.1. The van der Waals surface area contributed by atoms with E-state index in [4.69, 9.17) is 4.74 Å². The number of amides is 2. The molecule has 0 bridgehead atoms. The summed E-state index contributed by atoms with van der Waals surface area (Å²) in [6.45, 7) is 2.06. The number of carbonyl (C=O) groups excluding carboxylic acids is 3. The first-order valence-electron chi connectivity index (χ1n) is 8.71. The molecule has 1 aliphatic rings. The summed E-state index contributed by atoms with van der Waals surface area (Å²) >= 11 is 1.25. The van der Waals surface area contributed by atoms with Crippen LogP contribution >= 0.6 is 11.3 Å². The van der Waals surface area contributed by atoms with E-state index in [-0.39, 0.29) is 36.7 Å². The van der Waals surface area contributed by atoms with E-state index in [9.17, 15) is 14.4 Å². The molecule has 1 aliphatic heterocycles. The van der Waals surface area contributed by atoms with Crippen molar-refractivity contribution in [3.8, 4) is 0 Å². The molecule has 2 aromatic rings. The van der Waals surface area contributed by atoms with E-state index < -0.39 is 5.92 Å². The summed E-state index contributed by atoms with van der Waals surface area (Å²) < 4.78 is 4.90. The average Bonchev–Trinajstić information content (AvgIpc) is 3.20. The van der Waals surface area contributed by atoms with Gasteiger partial charge in [-0.05, 0) is 12.5 Å². The van der Waals surface area contributed by atoms with Crippen LogP contribution < -0.4 is 5.32 Å². The number of carbonyl (C=O) groups is 3. The Balaban J connectivity index is 1.70. The van der Waals surface area contributed by atoms with Gasteiger partial charge in [-0.2, -0.15) is 0 Å². The number of thiazole rings is 1. The Morgan fingerprint density at radius 1 is 1.33 bits per heavy atom. The van der Waals surface area contributed by atoms with E-state index in [1.165, 1.54) is 11.3 Å². The van der Waals surface area contributed by atoms with E-state index in [1.54, 1.807) is 24.3 Å². The van der Waals surface area contributed by atoms with Crippen molar-refractivity contribution in [2.75, 3.05) is 19.0 Å². The smallest absolute Gasteiger partial charge is 0.311 e. The highest BCUT2D eigenvalue weighted by Gasteiger charge is 2.42. The number of hydrogen-bond donors (Lipinski definition) is 1. The Morgan fingerprint density at radius 2 is 2.07 bits per heavy atom. The molecule has 2 atom stereocenters. The largest absolute Gasteiger partial charge is 0.466 e. The van der Waals surface area contributed by atoms with Crippen molar-refractivity contribution in [2.45, 2.75) is 25.8 Å². The molecular formula is C19H21N3O4S. The van der Waals surface area contributed by atoms with Crippen molar-refractivity contribution >= 4 is 34.3 Å². The molecule has 142 valence electrons. The number of benzene rings is 1. The minimum absolute atomic E-state index is 0.0638. The molecule has 1 N–H and O–H groups in total. The summed E-state index contributed by atoms with van der Waals surface area (Å²) in [5, 5.41) is 4.91. The van der Waals surface area contributed by atoms with E-state index in [0.29, 0.717) is 17.4 Å². The van der Waals surface area contributed by atoms with Gasteiger partial charge in [-0.25, -0.2) is 4.98 Å². The SMILES string of the molecule is CCOC(=O)Cc1csc(NC(=O)[C@H]2CC(=O)N(C)[C@H]2c2ccccc2)n1. The van der Waals surface area contributed by atoms with Crippen LogP contribution in [-0.2, 0) is 25.5 Å². The lowest BCUT2D eigenvalue weighted by atomic mass is 9.93. The Kier molecular flexibility index (Phi) is 5.85. The lowest BCUT2D eigenvalue weighted by Crippen LogP contribution is -2.30. The van der Waals surface area contributed by atoms with Gasteiger partial charge in [0.2, 0.25) is 11.8 Å². The molecule has 3 rings (SSSR count). The summed E-state index contributed by atoms with van der Waals surface area (Å²) in [7, 11) is 1.72. The van der Waals surface area contributed by atoms with Crippen molar-refractivity contribution < 1.29 is 19.1 Å². The van der Waals surface area contributed by atoms with Gasteiger partial charge in [-0.1, -0.05) is 30.3 Å². The Bertz CT molecular complexity index is 836. The third-order valence-electron chi connectivity index (χ3n) is 4.48. The number of aromatic nitrogens is 1. The summed E-state index contributed by atoms with van der Waals surface area (Å²) in [6, 6.07) is 9.21. The minimum atomic E-state index is -0.498. The van der Waals surface area contributed by atoms with Gasteiger partial charge in [-0.15, -0.1) is 11.3 Å². The van der Waals surface area contributed by atoms with Crippen LogP contribution in [0.2, 0.25) is 0 Å². The molecule has 0 saturated carbocycles. The number of ether oxygens (including phenoxy) is 1. The second-order valence-corrected chi connectivity index (χ2v) is 7.14. The predicted octanol–water partition coefficient (Wildman–Crippen LogP) is 2.41. The molecule has 0 unspecified atom stereocenters. The minimum Gasteiger partial charge on any atom is -0.466 e.